The molecule has 7 nitrogen and oxygen atoms in total. The Morgan fingerprint density at radius 1 is 0.889 bits per heavy atom. The summed E-state index contributed by atoms with van der Waals surface area (Å²) in [7, 11) is 0. The molecule has 1 atom stereocenters. The number of Topliss-reactive ketones (excluding diaryl/α,β-unsaturated/α-hetero) is 1. The van der Waals surface area contributed by atoms with Crippen molar-refractivity contribution in [2.45, 2.75) is 37.8 Å². The zero-order valence-electron chi connectivity index (χ0n) is 19.5. The van der Waals surface area contributed by atoms with Crippen molar-refractivity contribution in [3.63, 3.8) is 0 Å². The van der Waals surface area contributed by atoms with E-state index in [1.165, 1.54) is 23.3 Å². The number of nitrogens with one attached hydrogen (secondary N) is 1. The number of amides is 2. The summed E-state index contributed by atoms with van der Waals surface area (Å²) in [6.07, 6.45) is 2.96. The van der Waals surface area contributed by atoms with E-state index in [2.05, 4.69) is 17.4 Å². The number of anilines is 1. The Labute approximate surface area is 208 Å². The molecule has 3 aromatic rings. The first-order chi connectivity index (χ1) is 17.5. The summed E-state index contributed by atoms with van der Waals surface area (Å²) in [6.45, 7) is -0.371. The number of benzene rings is 3. The molecule has 1 heterocycles. The summed E-state index contributed by atoms with van der Waals surface area (Å²) < 4.78 is 5.25. The quantitative estimate of drug-likeness (QED) is 0.246. The van der Waals surface area contributed by atoms with Gasteiger partial charge >= 0.3 is 5.97 Å². The lowest BCUT2D eigenvalue weighted by atomic mass is 10.0. The van der Waals surface area contributed by atoms with Gasteiger partial charge in [-0.15, -0.1) is 0 Å². The summed E-state index contributed by atoms with van der Waals surface area (Å²) in [5.41, 5.74) is 5.80. The third-order valence-electron chi connectivity index (χ3n) is 6.97. The molecule has 0 radical (unpaired) electrons. The van der Waals surface area contributed by atoms with E-state index in [1.54, 1.807) is 18.2 Å². The van der Waals surface area contributed by atoms with Crippen LogP contribution < -0.4 is 10.2 Å². The highest BCUT2D eigenvalue weighted by Gasteiger charge is 2.41. The zero-order valence-corrected chi connectivity index (χ0v) is 19.5. The van der Waals surface area contributed by atoms with Crippen LogP contribution in [0.15, 0.2) is 66.7 Å². The molecule has 2 aliphatic carbocycles. The van der Waals surface area contributed by atoms with Crippen LogP contribution in [-0.2, 0) is 20.7 Å². The Hall–Kier alpha value is -4.10. The van der Waals surface area contributed by atoms with Crippen LogP contribution in [0.5, 0.6) is 0 Å². The SMILES string of the molecule is O=C(COC(=O)c1ccc(N2C(=O)CC(NC3CC3)C2=O)cc1)c1ccc2c(c1)Cc1ccccc1-2. The minimum absolute atomic E-state index is 0.135. The maximum Gasteiger partial charge on any atom is 0.338 e. The number of hydrogen-bond donors (Lipinski definition) is 1. The van der Waals surface area contributed by atoms with Crippen molar-refractivity contribution >= 4 is 29.3 Å². The fraction of sp³-hybridized carbons (Fsp3) is 0.241. The molecular formula is C29H24N2O5. The van der Waals surface area contributed by atoms with Crippen molar-refractivity contribution in [3.8, 4) is 11.1 Å². The molecule has 1 unspecified atom stereocenters. The van der Waals surface area contributed by atoms with Crippen molar-refractivity contribution < 1.29 is 23.9 Å². The fourth-order valence-corrected chi connectivity index (χ4v) is 4.93. The minimum Gasteiger partial charge on any atom is -0.454 e. The lowest BCUT2D eigenvalue weighted by molar-refractivity contribution is -0.121. The normalized spacial score (nSPS) is 18.2. The highest BCUT2D eigenvalue weighted by atomic mass is 16.5. The molecule has 2 amide bonds. The summed E-state index contributed by atoms with van der Waals surface area (Å²) in [5.74, 6) is -1.46. The number of imide groups is 1. The van der Waals surface area contributed by atoms with Gasteiger partial charge in [-0.25, -0.2) is 9.69 Å². The van der Waals surface area contributed by atoms with E-state index in [0.717, 1.165) is 35.3 Å². The number of rotatable bonds is 7. The average molecular weight is 481 g/mol. The summed E-state index contributed by atoms with van der Waals surface area (Å²) in [4.78, 5) is 51.4. The minimum atomic E-state index is -0.643. The molecule has 1 aliphatic heterocycles. The van der Waals surface area contributed by atoms with Gasteiger partial charge in [-0.05, 0) is 71.8 Å². The molecule has 3 aromatic carbocycles. The lowest BCUT2D eigenvalue weighted by Gasteiger charge is -2.16. The molecule has 2 fully saturated rings. The van der Waals surface area contributed by atoms with Gasteiger partial charge in [-0.1, -0.05) is 36.4 Å². The van der Waals surface area contributed by atoms with Crippen LogP contribution in [-0.4, -0.2) is 42.3 Å². The van der Waals surface area contributed by atoms with Gasteiger partial charge in [-0.2, -0.15) is 0 Å². The van der Waals surface area contributed by atoms with Crippen molar-refractivity contribution in [2.24, 2.45) is 0 Å². The van der Waals surface area contributed by atoms with E-state index in [0.29, 0.717) is 17.3 Å². The highest BCUT2D eigenvalue weighted by Crippen LogP contribution is 2.36. The van der Waals surface area contributed by atoms with Crippen LogP contribution in [0.25, 0.3) is 11.1 Å². The van der Waals surface area contributed by atoms with Crippen LogP contribution in [0.4, 0.5) is 5.69 Å². The Morgan fingerprint density at radius 2 is 1.61 bits per heavy atom. The molecule has 0 bridgehead atoms. The number of carbonyl (C=O) groups excluding carboxylic acids is 4. The summed E-state index contributed by atoms with van der Waals surface area (Å²) >= 11 is 0. The topological polar surface area (TPSA) is 92.8 Å². The number of ketones is 1. The van der Waals surface area contributed by atoms with E-state index >= 15 is 0 Å². The van der Waals surface area contributed by atoms with Gasteiger partial charge in [-0.3, -0.25) is 14.4 Å². The van der Waals surface area contributed by atoms with Gasteiger partial charge in [0.05, 0.1) is 23.7 Å². The molecule has 0 spiro atoms. The first kappa shape index (κ1) is 22.4. The number of nitrogens with zero attached hydrogens (tertiary/aromatic N) is 1. The molecule has 6 rings (SSSR count). The van der Waals surface area contributed by atoms with E-state index in [1.807, 2.05) is 24.3 Å². The summed E-state index contributed by atoms with van der Waals surface area (Å²) in [6, 6.07) is 19.7. The second-order valence-corrected chi connectivity index (χ2v) is 9.52. The van der Waals surface area contributed by atoms with Crippen molar-refractivity contribution in [1.29, 1.82) is 0 Å². The molecule has 7 heteroatoms. The Kier molecular flexibility index (Phi) is 5.49. The molecule has 3 aliphatic rings. The number of carbonyl (C=O) groups is 4. The Morgan fingerprint density at radius 3 is 2.39 bits per heavy atom. The average Bonchev–Trinajstić information content (AvgIpc) is 3.57. The van der Waals surface area contributed by atoms with Gasteiger partial charge in [0, 0.05) is 11.6 Å². The van der Waals surface area contributed by atoms with Crippen LogP contribution in [0.3, 0.4) is 0 Å². The molecule has 36 heavy (non-hydrogen) atoms. The zero-order chi connectivity index (χ0) is 24.8. The van der Waals surface area contributed by atoms with Crippen LogP contribution in [0.2, 0.25) is 0 Å². The van der Waals surface area contributed by atoms with Gasteiger partial charge in [0.1, 0.15) is 0 Å². The predicted octanol–water partition coefficient (Wildman–Crippen LogP) is 3.68. The molecule has 0 aromatic heterocycles. The number of ether oxygens (including phenoxy) is 1. The second kappa shape index (κ2) is 8.84. The summed E-state index contributed by atoms with van der Waals surface area (Å²) in [5, 5.41) is 3.20. The van der Waals surface area contributed by atoms with E-state index in [4.69, 9.17) is 4.74 Å². The molecular weight excluding hydrogens is 456 g/mol. The van der Waals surface area contributed by atoms with Crippen LogP contribution >= 0.6 is 0 Å². The van der Waals surface area contributed by atoms with Crippen LogP contribution in [0.1, 0.15) is 51.1 Å². The number of hydrogen-bond acceptors (Lipinski definition) is 6. The third-order valence-corrected chi connectivity index (χ3v) is 6.97. The second-order valence-electron chi connectivity index (χ2n) is 9.52. The van der Waals surface area contributed by atoms with E-state index in [9.17, 15) is 19.2 Å². The third kappa shape index (κ3) is 4.12. The predicted molar refractivity (Wildman–Crippen MR) is 133 cm³/mol. The fourth-order valence-electron chi connectivity index (χ4n) is 4.93. The van der Waals surface area contributed by atoms with Gasteiger partial charge in [0.25, 0.3) is 5.91 Å². The molecule has 180 valence electrons. The van der Waals surface area contributed by atoms with Crippen molar-refractivity contribution in [2.75, 3.05) is 11.5 Å². The first-order valence-electron chi connectivity index (χ1n) is 12.1. The number of fused-ring (bicyclic) bond motifs is 3. The molecule has 1 N–H and O–H groups in total. The number of esters is 1. The Balaban J connectivity index is 1.07. The first-order valence-corrected chi connectivity index (χ1v) is 12.1. The standard InChI is InChI=1S/C29H24N2O5/c32-26(19-7-12-24-20(14-19)13-18-3-1-2-4-23(18)24)16-36-29(35)17-5-10-22(11-6-17)31-27(33)15-25(28(31)34)30-21-8-9-21/h1-7,10-12,14,21,25,30H,8-9,13,15-16H2. The van der Waals surface area contributed by atoms with E-state index in [-0.39, 0.29) is 36.2 Å². The maximum absolute atomic E-state index is 12.7. The van der Waals surface area contributed by atoms with Gasteiger partial charge < -0.3 is 10.1 Å². The van der Waals surface area contributed by atoms with E-state index < -0.39 is 12.0 Å². The monoisotopic (exact) mass is 480 g/mol. The van der Waals surface area contributed by atoms with Gasteiger partial charge in [0.2, 0.25) is 5.91 Å². The smallest absolute Gasteiger partial charge is 0.338 e. The van der Waals surface area contributed by atoms with Crippen LogP contribution in [0, 0.1) is 0 Å². The molecule has 1 saturated heterocycles. The van der Waals surface area contributed by atoms with Crippen molar-refractivity contribution in [1.82, 2.24) is 5.32 Å². The molecule has 1 saturated carbocycles. The van der Waals surface area contributed by atoms with Gasteiger partial charge in [0.15, 0.2) is 12.4 Å². The maximum atomic E-state index is 12.7. The highest BCUT2D eigenvalue weighted by molar-refractivity contribution is 6.22. The lowest BCUT2D eigenvalue weighted by Crippen LogP contribution is -2.39. The van der Waals surface area contributed by atoms with Crippen molar-refractivity contribution in [3.05, 3.63) is 89.0 Å². The largest absolute Gasteiger partial charge is 0.454 e. The Bertz CT molecular complexity index is 1410.